The van der Waals surface area contributed by atoms with Crippen molar-refractivity contribution in [2.45, 2.75) is 0 Å². The maximum atomic E-state index is 12.1. The van der Waals surface area contributed by atoms with Gasteiger partial charge in [-0.25, -0.2) is 18.5 Å². The molecule has 0 aliphatic rings. The predicted molar refractivity (Wildman–Crippen MR) is 98.8 cm³/mol. The first-order valence-electron chi connectivity index (χ1n) is 7.21. The summed E-state index contributed by atoms with van der Waals surface area (Å²) in [5.41, 5.74) is 1.52. The number of nitrogens with one attached hydrogen (secondary N) is 3. The molecule has 0 unspecified atom stereocenters. The van der Waals surface area contributed by atoms with Crippen LogP contribution < -0.4 is 15.6 Å². The highest BCUT2D eigenvalue weighted by Crippen LogP contribution is 2.26. The van der Waals surface area contributed by atoms with E-state index in [0.29, 0.717) is 16.5 Å². The highest BCUT2D eigenvalue weighted by atomic mass is 32.2. The molecule has 0 saturated heterocycles. The monoisotopic (exact) mass is 391 g/mol. The molecule has 2 heterocycles. The minimum absolute atomic E-state index is 0.0672. The summed E-state index contributed by atoms with van der Waals surface area (Å²) in [7, 11) is -3.33. The van der Waals surface area contributed by atoms with Crippen LogP contribution in [0.25, 0.3) is 11.3 Å². The Bertz CT molecular complexity index is 1080. The number of thiazole rings is 1. The number of H-pyrrole nitrogens is 1. The quantitative estimate of drug-likeness (QED) is 0.604. The van der Waals surface area contributed by atoms with Crippen LogP contribution in [0.3, 0.4) is 0 Å². The van der Waals surface area contributed by atoms with Crippen molar-refractivity contribution < 1.29 is 13.2 Å². The van der Waals surface area contributed by atoms with E-state index in [1.807, 2.05) is 0 Å². The van der Waals surface area contributed by atoms with Gasteiger partial charge in [0.25, 0.3) is 11.5 Å². The van der Waals surface area contributed by atoms with Gasteiger partial charge < -0.3 is 0 Å². The molecule has 1 aromatic carbocycles. The number of sulfonamides is 1. The van der Waals surface area contributed by atoms with E-state index in [-0.39, 0.29) is 5.69 Å². The third kappa shape index (κ3) is 4.52. The zero-order chi connectivity index (χ0) is 18.7. The van der Waals surface area contributed by atoms with Crippen molar-refractivity contribution in [2.24, 2.45) is 0 Å². The number of aromatic amines is 1. The van der Waals surface area contributed by atoms with E-state index >= 15 is 0 Å². The van der Waals surface area contributed by atoms with Crippen LogP contribution in [0.15, 0.2) is 46.6 Å². The highest BCUT2D eigenvalue weighted by Gasteiger charge is 2.11. The molecule has 1 amide bonds. The average Bonchev–Trinajstić information content (AvgIpc) is 3.03. The largest absolute Gasteiger partial charge is 0.296 e. The fourth-order valence-corrected chi connectivity index (χ4v) is 3.30. The number of benzene rings is 1. The molecule has 0 saturated carbocycles. The van der Waals surface area contributed by atoms with Crippen LogP contribution in [0.2, 0.25) is 0 Å². The van der Waals surface area contributed by atoms with Crippen molar-refractivity contribution in [3.63, 3.8) is 0 Å². The third-order valence-corrected chi connectivity index (χ3v) is 4.48. The SMILES string of the molecule is CS(=O)(=O)Nc1ccc(-c2csc(NC(=O)c3ccc(=O)[nH]n3)n2)cc1. The molecule has 3 aromatic rings. The molecule has 9 nitrogen and oxygen atoms in total. The molecule has 0 aliphatic heterocycles. The van der Waals surface area contributed by atoms with Crippen LogP contribution in [0, 0.1) is 0 Å². The van der Waals surface area contributed by atoms with Crippen molar-refractivity contribution in [1.82, 2.24) is 15.2 Å². The van der Waals surface area contributed by atoms with E-state index in [1.165, 1.54) is 23.5 Å². The molecule has 0 aliphatic carbocycles. The Morgan fingerprint density at radius 2 is 1.88 bits per heavy atom. The molecule has 134 valence electrons. The summed E-state index contributed by atoms with van der Waals surface area (Å²) in [6.07, 6.45) is 1.08. The number of rotatable bonds is 5. The zero-order valence-corrected chi connectivity index (χ0v) is 15.0. The van der Waals surface area contributed by atoms with Crippen molar-refractivity contribution in [1.29, 1.82) is 0 Å². The number of carbonyl (C=O) groups excluding carboxylic acids is 1. The molecule has 0 spiro atoms. The van der Waals surface area contributed by atoms with Gasteiger partial charge in [0.15, 0.2) is 5.13 Å². The Hall–Kier alpha value is -3.05. The lowest BCUT2D eigenvalue weighted by molar-refractivity contribution is 0.102. The van der Waals surface area contributed by atoms with E-state index in [2.05, 4.69) is 25.2 Å². The topological polar surface area (TPSA) is 134 Å². The first-order chi connectivity index (χ1) is 12.3. The van der Waals surface area contributed by atoms with Crippen LogP contribution in [0.4, 0.5) is 10.8 Å². The minimum atomic E-state index is -3.33. The molecule has 0 bridgehead atoms. The van der Waals surface area contributed by atoms with Crippen LogP contribution in [-0.2, 0) is 10.0 Å². The van der Waals surface area contributed by atoms with Crippen LogP contribution in [0.1, 0.15) is 10.5 Å². The summed E-state index contributed by atoms with van der Waals surface area (Å²) < 4.78 is 24.8. The lowest BCUT2D eigenvalue weighted by Gasteiger charge is -2.04. The Morgan fingerprint density at radius 1 is 1.15 bits per heavy atom. The summed E-state index contributed by atoms with van der Waals surface area (Å²) >= 11 is 1.23. The van der Waals surface area contributed by atoms with E-state index in [9.17, 15) is 18.0 Å². The van der Waals surface area contributed by atoms with Crippen LogP contribution in [-0.4, -0.2) is 35.8 Å². The summed E-state index contributed by atoms with van der Waals surface area (Å²) in [5.74, 6) is -0.491. The summed E-state index contributed by atoms with van der Waals surface area (Å²) in [5, 5.41) is 10.6. The molecular formula is C15H13N5O4S2. The second kappa shape index (κ2) is 7.06. The number of carbonyl (C=O) groups is 1. The molecule has 26 heavy (non-hydrogen) atoms. The number of anilines is 2. The number of amides is 1. The molecule has 2 aromatic heterocycles. The lowest BCUT2D eigenvalue weighted by atomic mass is 10.1. The molecular weight excluding hydrogens is 378 g/mol. The first kappa shape index (κ1) is 17.8. The predicted octanol–water partition coefficient (Wildman–Crippen LogP) is 1.52. The average molecular weight is 391 g/mol. The van der Waals surface area contributed by atoms with Gasteiger partial charge in [-0.3, -0.25) is 19.6 Å². The normalized spacial score (nSPS) is 11.1. The third-order valence-electron chi connectivity index (χ3n) is 3.12. The zero-order valence-electron chi connectivity index (χ0n) is 13.4. The molecule has 11 heteroatoms. The maximum absolute atomic E-state index is 12.1. The van der Waals surface area contributed by atoms with Gasteiger partial charge in [0, 0.05) is 22.7 Å². The Balaban J connectivity index is 1.72. The molecule has 0 atom stereocenters. The van der Waals surface area contributed by atoms with Crippen LogP contribution in [0.5, 0.6) is 0 Å². The van der Waals surface area contributed by atoms with Gasteiger partial charge >= 0.3 is 0 Å². The van der Waals surface area contributed by atoms with E-state index < -0.39 is 21.5 Å². The van der Waals surface area contributed by atoms with Gasteiger partial charge in [0.05, 0.1) is 11.9 Å². The van der Waals surface area contributed by atoms with Crippen molar-refractivity contribution in [2.75, 3.05) is 16.3 Å². The fourth-order valence-electron chi connectivity index (χ4n) is 2.02. The van der Waals surface area contributed by atoms with Gasteiger partial charge in [-0.1, -0.05) is 12.1 Å². The van der Waals surface area contributed by atoms with E-state index in [1.54, 1.807) is 29.6 Å². The maximum Gasteiger partial charge on any atom is 0.277 e. The Morgan fingerprint density at radius 3 is 2.50 bits per heavy atom. The summed E-state index contributed by atoms with van der Waals surface area (Å²) in [6.45, 7) is 0. The highest BCUT2D eigenvalue weighted by molar-refractivity contribution is 7.92. The number of hydrogen-bond acceptors (Lipinski definition) is 7. The van der Waals surface area contributed by atoms with Gasteiger partial charge in [0.1, 0.15) is 5.69 Å². The smallest absolute Gasteiger partial charge is 0.277 e. The van der Waals surface area contributed by atoms with E-state index in [0.717, 1.165) is 11.8 Å². The van der Waals surface area contributed by atoms with Crippen LogP contribution >= 0.6 is 11.3 Å². The summed E-state index contributed by atoms with van der Waals surface area (Å²) in [6, 6.07) is 9.21. The number of aromatic nitrogens is 3. The second-order valence-corrected chi connectivity index (χ2v) is 7.86. The number of hydrogen-bond donors (Lipinski definition) is 3. The molecule has 0 fully saturated rings. The Kier molecular flexibility index (Phi) is 4.82. The molecule has 3 rings (SSSR count). The fraction of sp³-hybridized carbons (Fsp3) is 0.0667. The number of nitrogens with zero attached hydrogens (tertiary/aromatic N) is 2. The minimum Gasteiger partial charge on any atom is -0.296 e. The van der Waals surface area contributed by atoms with Crippen molar-refractivity contribution >= 4 is 38.1 Å². The second-order valence-electron chi connectivity index (χ2n) is 5.25. The van der Waals surface area contributed by atoms with Gasteiger partial charge in [-0.05, 0) is 18.2 Å². The van der Waals surface area contributed by atoms with E-state index in [4.69, 9.17) is 0 Å². The molecule has 3 N–H and O–H groups in total. The van der Waals surface area contributed by atoms with Gasteiger partial charge in [0.2, 0.25) is 10.0 Å². The Labute approximate surface area is 152 Å². The van der Waals surface area contributed by atoms with Crippen molar-refractivity contribution in [3.8, 4) is 11.3 Å². The van der Waals surface area contributed by atoms with Gasteiger partial charge in [-0.2, -0.15) is 5.10 Å². The lowest BCUT2D eigenvalue weighted by Crippen LogP contribution is -2.17. The standard InChI is InChI=1S/C15H13N5O4S2/c1-26(23,24)20-10-4-2-9(3-5-10)12-8-25-15(16-12)17-14(22)11-6-7-13(21)19-18-11/h2-8,20H,1H3,(H,19,21)(H,16,17,22). The molecule has 0 radical (unpaired) electrons. The first-order valence-corrected chi connectivity index (χ1v) is 9.98. The summed E-state index contributed by atoms with van der Waals surface area (Å²) in [4.78, 5) is 27.3. The van der Waals surface area contributed by atoms with Crippen molar-refractivity contribution in [3.05, 3.63) is 57.8 Å². The van der Waals surface area contributed by atoms with Gasteiger partial charge in [-0.15, -0.1) is 11.3 Å².